The number of urea groups is 4. The highest BCUT2D eigenvalue weighted by Gasteiger charge is 2.25. The highest BCUT2D eigenvalue weighted by molar-refractivity contribution is 5.77. The third kappa shape index (κ3) is 12.1. The second-order valence-electron chi connectivity index (χ2n) is 12.5. The average Bonchev–Trinajstić information content (AvgIpc) is 3.19. The van der Waals surface area contributed by atoms with Gasteiger partial charge in [0.15, 0.2) is 0 Å². The molecule has 1 saturated heterocycles. The molecule has 0 saturated carbocycles. The number of carbonyl (C=O) groups excluding carboxylic acids is 4. The van der Waals surface area contributed by atoms with Crippen LogP contribution in [0.3, 0.4) is 0 Å². The van der Waals surface area contributed by atoms with Gasteiger partial charge in [0.25, 0.3) is 0 Å². The lowest BCUT2D eigenvalue weighted by atomic mass is 10.2. The van der Waals surface area contributed by atoms with Gasteiger partial charge in [-0.3, -0.25) is 0 Å². The van der Waals surface area contributed by atoms with E-state index in [0.29, 0.717) is 26.2 Å². The minimum Gasteiger partial charge on any atom is -0.334 e. The summed E-state index contributed by atoms with van der Waals surface area (Å²) in [6, 6.07) is 37.4. The van der Waals surface area contributed by atoms with Gasteiger partial charge >= 0.3 is 24.1 Å². The average molecular weight is 705 g/mol. The summed E-state index contributed by atoms with van der Waals surface area (Å²) in [5, 5.41) is 12.0. The van der Waals surface area contributed by atoms with E-state index < -0.39 is 0 Å². The van der Waals surface area contributed by atoms with Crippen LogP contribution in [0, 0.1) is 0 Å². The maximum atomic E-state index is 13.6. The Bertz CT molecular complexity index is 1430. The Kier molecular flexibility index (Phi) is 14.3. The Hall–Kier alpha value is -6.04. The first-order chi connectivity index (χ1) is 25.4. The number of carbonyl (C=O) groups is 4. The van der Waals surface area contributed by atoms with Gasteiger partial charge in [-0.05, 0) is 22.3 Å². The van der Waals surface area contributed by atoms with Gasteiger partial charge in [-0.2, -0.15) is 0 Å². The van der Waals surface area contributed by atoms with Crippen molar-refractivity contribution in [1.29, 1.82) is 0 Å². The van der Waals surface area contributed by atoms with Crippen LogP contribution in [0.4, 0.5) is 19.2 Å². The molecule has 0 aliphatic carbocycles. The maximum absolute atomic E-state index is 13.6. The molecule has 0 radical (unpaired) electrons. The van der Waals surface area contributed by atoms with Crippen molar-refractivity contribution < 1.29 is 19.2 Å². The molecule has 0 atom stereocenters. The molecule has 12 heteroatoms. The lowest BCUT2D eigenvalue weighted by Crippen LogP contribution is -2.54. The quantitative estimate of drug-likeness (QED) is 0.209. The fourth-order valence-corrected chi connectivity index (χ4v) is 5.77. The van der Waals surface area contributed by atoms with Crippen molar-refractivity contribution in [2.24, 2.45) is 0 Å². The zero-order valence-electron chi connectivity index (χ0n) is 29.5. The predicted octanol–water partition coefficient (Wildman–Crippen LogP) is 4.85. The van der Waals surface area contributed by atoms with Crippen LogP contribution >= 0.6 is 0 Å². The highest BCUT2D eigenvalue weighted by Crippen LogP contribution is 2.07. The number of amides is 8. The standard InChI is InChI=1S/C40H48N8O4/c49-37(41-29-33-13-5-1-6-14-33)45-21-23-46(38(50)42-30-34-15-7-2-8-16-34)25-27-48(40(52)44-32-36-19-11-4-12-20-36)28-26-47(24-22-45)39(51)43-31-35-17-9-3-10-18-35/h1-20H,21-32H2,(H,41,49)(H,42,50)(H,43,51)(H,44,52). The van der Waals surface area contributed by atoms with E-state index in [1.54, 1.807) is 19.6 Å². The van der Waals surface area contributed by atoms with Crippen LogP contribution in [0.25, 0.3) is 0 Å². The first-order valence-corrected chi connectivity index (χ1v) is 17.7. The summed E-state index contributed by atoms with van der Waals surface area (Å²) in [5.74, 6) is 0. The van der Waals surface area contributed by atoms with Crippen LogP contribution in [0.1, 0.15) is 22.3 Å². The molecule has 1 aliphatic heterocycles. The van der Waals surface area contributed by atoms with Crippen LogP contribution in [-0.4, -0.2) is 96.1 Å². The van der Waals surface area contributed by atoms with Gasteiger partial charge in [-0.1, -0.05) is 121 Å². The molecule has 52 heavy (non-hydrogen) atoms. The van der Waals surface area contributed by atoms with Crippen LogP contribution in [-0.2, 0) is 26.2 Å². The van der Waals surface area contributed by atoms with E-state index in [9.17, 15) is 19.2 Å². The SMILES string of the molecule is O=C(NCc1ccccc1)N1CCN(C(=O)NCc2ccccc2)CCN(C(=O)NCc2ccccc2)CCN(C(=O)NCc2ccccc2)CC1. The second kappa shape index (κ2) is 20.0. The molecule has 1 aliphatic rings. The minimum atomic E-state index is -0.294. The molecule has 4 aromatic carbocycles. The third-order valence-electron chi connectivity index (χ3n) is 8.85. The first-order valence-electron chi connectivity index (χ1n) is 17.7. The maximum Gasteiger partial charge on any atom is 0.317 e. The van der Waals surface area contributed by atoms with E-state index in [1.807, 2.05) is 121 Å². The summed E-state index contributed by atoms with van der Waals surface area (Å²) in [7, 11) is 0. The summed E-state index contributed by atoms with van der Waals surface area (Å²) >= 11 is 0. The van der Waals surface area contributed by atoms with Crippen molar-refractivity contribution in [2.45, 2.75) is 26.2 Å². The van der Waals surface area contributed by atoms with Crippen molar-refractivity contribution in [3.8, 4) is 0 Å². The van der Waals surface area contributed by atoms with Gasteiger partial charge in [-0.15, -0.1) is 0 Å². The highest BCUT2D eigenvalue weighted by atomic mass is 16.2. The topological polar surface area (TPSA) is 129 Å². The molecular formula is C40H48N8O4. The molecule has 4 N–H and O–H groups in total. The molecule has 12 nitrogen and oxygen atoms in total. The Balaban J connectivity index is 1.33. The van der Waals surface area contributed by atoms with Crippen molar-refractivity contribution in [1.82, 2.24) is 40.9 Å². The normalized spacial score (nSPS) is 14.0. The lowest BCUT2D eigenvalue weighted by Gasteiger charge is -2.34. The van der Waals surface area contributed by atoms with Crippen LogP contribution in [0.15, 0.2) is 121 Å². The smallest absolute Gasteiger partial charge is 0.317 e. The molecule has 1 fully saturated rings. The molecule has 0 aromatic heterocycles. The van der Waals surface area contributed by atoms with Crippen molar-refractivity contribution in [2.75, 3.05) is 52.4 Å². The molecule has 1 heterocycles. The van der Waals surface area contributed by atoms with Gasteiger partial charge < -0.3 is 40.9 Å². The molecule has 0 unspecified atom stereocenters. The molecule has 5 rings (SSSR count). The van der Waals surface area contributed by atoms with Gasteiger partial charge in [0.2, 0.25) is 0 Å². The Labute approximate surface area is 305 Å². The summed E-state index contributed by atoms with van der Waals surface area (Å²) in [6.45, 7) is 3.13. The number of nitrogens with zero attached hydrogens (tertiary/aromatic N) is 4. The van der Waals surface area contributed by atoms with Crippen LogP contribution in [0.5, 0.6) is 0 Å². The lowest BCUT2D eigenvalue weighted by molar-refractivity contribution is 0.142. The first kappa shape index (κ1) is 37.2. The summed E-state index contributed by atoms with van der Waals surface area (Å²) in [6.07, 6.45) is 0. The van der Waals surface area contributed by atoms with E-state index in [-0.39, 0.29) is 76.5 Å². The summed E-state index contributed by atoms with van der Waals surface area (Å²) in [4.78, 5) is 61.0. The van der Waals surface area contributed by atoms with Gasteiger partial charge in [0, 0.05) is 78.5 Å². The molecule has 4 aromatic rings. The minimum absolute atomic E-state index is 0.221. The van der Waals surface area contributed by atoms with Crippen LogP contribution in [0.2, 0.25) is 0 Å². The zero-order chi connectivity index (χ0) is 36.4. The molecule has 8 amide bonds. The third-order valence-corrected chi connectivity index (χ3v) is 8.85. The Morgan fingerprint density at radius 3 is 0.673 bits per heavy atom. The van der Waals surface area contributed by atoms with E-state index in [1.165, 1.54) is 0 Å². The van der Waals surface area contributed by atoms with E-state index in [4.69, 9.17) is 0 Å². The molecule has 272 valence electrons. The predicted molar refractivity (Wildman–Crippen MR) is 201 cm³/mol. The molecule has 0 spiro atoms. The number of hydrogen-bond donors (Lipinski definition) is 4. The Morgan fingerprint density at radius 1 is 0.327 bits per heavy atom. The monoisotopic (exact) mass is 704 g/mol. The number of benzene rings is 4. The fourth-order valence-electron chi connectivity index (χ4n) is 5.77. The summed E-state index contributed by atoms with van der Waals surface area (Å²) < 4.78 is 0. The van der Waals surface area contributed by atoms with Crippen LogP contribution < -0.4 is 21.3 Å². The van der Waals surface area contributed by atoms with Crippen molar-refractivity contribution in [3.05, 3.63) is 144 Å². The van der Waals surface area contributed by atoms with Crippen molar-refractivity contribution in [3.63, 3.8) is 0 Å². The van der Waals surface area contributed by atoms with E-state index >= 15 is 0 Å². The fraction of sp³-hybridized carbons (Fsp3) is 0.300. The zero-order valence-corrected chi connectivity index (χ0v) is 29.5. The Morgan fingerprint density at radius 2 is 0.500 bits per heavy atom. The van der Waals surface area contributed by atoms with E-state index in [0.717, 1.165) is 22.3 Å². The molecular weight excluding hydrogens is 656 g/mol. The number of nitrogens with one attached hydrogen (secondary N) is 4. The van der Waals surface area contributed by atoms with Gasteiger partial charge in [0.05, 0.1) is 0 Å². The largest absolute Gasteiger partial charge is 0.334 e. The van der Waals surface area contributed by atoms with Crippen molar-refractivity contribution >= 4 is 24.1 Å². The van der Waals surface area contributed by atoms with E-state index in [2.05, 4.69) is 21.3 Å². The number of hydrogen-bond acceptors (Lipinski definition) is 4. The van der Waals surface area contributed by atoms with Gasteiger partial charge in [0.1, 0.15) is 0 Å². The second-order valence-corrected chi connectivity index (χ2v) is 12.5. The number of rotatable bonds is 8. The van der Waals surface area contributed by atoms with Gasteiger partial charge in [-0.25, -0.2) is 19.2 Å². The summed E-state index contributed by atoms with van der Waals surface area (Å²) in [5.41, 5.74) is 3.83. The molecule has 0 bridgehead atoms.